The molecule has 4 heteroatoms. The zero-order chi connectivity index (χ0) is 14.4. The molecule has 0 heterocycles. The molecule has 2 aromatic rings. The van der Waals surface area contributed by atoms with E-state index in [1.807, 2.05) is 0 Å². The van der Waals surface area contributed by atoms with Gasteiger partial charge < -0.3 is 0 Å². The molecule has 0 radical (unpaired) electrons. The molecule has 0 amide bonds. The van der Waals surface area contributed by atoms with Crippen molar-refractivity contribution >= 4 is 11.8 Å². The molecule has 106 valence electrons. The second-order valence-corrected chi connectivity index (χ2v) is 5.91. The van der Waals surface area contributed by atoms with E-state index in [1.54, 1.807) is 23.9 Å². The van der Waals surface area contributed by atoms with Crippen LogP contribution in [0.1, 0.15) is 11.1 Å². The summed E-state index contributed by atoms with van der Waals surface area (Å²) in [6.45, 7) is 2.08. The maximum atomic E-state index is 12.8. The maximum absolute atomic E-state index is 12.8. The number of nitrogens with one attached hydrogen (secondary N) is 1. The minimum Gasteiger partial charge on any atom is -0.271 e. The Morgan fingerprint density at radius 1 is 1.10 bits per heavy atom. The third-order valence-corrected chi connectivity index (χ3v) is 4.28. The highest BCUT2D eigenvalue weighted by molar-refractivity contribution is 7.99. The lowest BCUT2D eigenvalue weighted by atomic mass is 10.1. The number of benzene rings is 2. The summed E-state index contributed by atoms with van der Waals surface area (Å²) in [4.78, 5) is 1.05. The molecule has 0 aliphatic carbocycles. The fraction of sp³-hybridized carbons (Fsp3) is 0.250. The van der Waals surface area contributed by atoms with Crippen LogP contribution in [0.5, 0.6) is 0 Å². The molecular formula is C16H19FN2S. The van der Waals surface area contributed by atoms with Crippen LogP contribution in [-0.2, 0) is 6.42 Å². The first kappa shape index (κ1) is 15.0. The summed E-state index contributed by atoms with van der Waals surface area (Å²) in [5.41, 5.74) is 5.37. The molecule has 1 unspecified atom stereocenters. The summed E-state index contributed by atoms with van der Waals surface area (Å²) in [5, 5.41) is 0. The van der Waals surface area contributed by atoms with Crippen molar-refractivity contribution in [3.05, 3.63) is 65.5 Å². The van der Waals surface area contributed by atoms with Crippen molar-refractivity contribution in [2.75, 3.05) is 5.75 Å². The average molecular weight is 290 g/mol. The van der Waals surface area contributed by atoms with Crippen LogP contribution in [0.3, 0.4) is 0 Å². The average Bonchev–Trinajstić information content (AvgIpc) is 2.47. The van der Waals surface area contributed by atoms with Gasteiger partial charge >= 0.3 is 0 Å². The first-order valence-corrected chi connectivity index (χ1v) is 7.56. The monoisotopic (exact) mass is 290 g/mol. The lowest BCUT2D eigenvalue weighted by molar-refractivity contribution is 0.575. The van der Waals surface area contributed by atoms with Gasteiger partial charge in [0, 0.05) is 16.7 Å². The second-order valence-electron chi connectivity index (χ2n) is 4.82. The Morgan fingerprint density at radius 2 is 1.75 bits per heavy atom. The van der Waals surface area contributed by atoms with Crippen molar-refractivity contribution in [2.24, 2.45) is 5.84 Å². The van der Waals surface area contributed by atoms with Gasteiger partial charge in [0.25, 0.3) is 0 Å². The largest absolute Gasteiger partial charge is 0.271 e. The number of aryl methyl sites for hydroxylation is 1. The van der Waals surface area contributed by atoms with Crippen LogP contribution in [0.15, 0.2) is 53.4 Å². The number of hydrogen-bond acceptors (Lipinski definition) is 3. The van der Waals surface area contributed by atoms with Gasteiger partial charge in [-0.1, -0.05) is 29.8 Å². The number of nitrogens with two attached hydrogens (primary N) is 1. The molecule has 2 rings (SSSR count). The van der Waals surface area contributed by atoms with Gasteiger partial charge in [-0.05, 0) is 43.2 Å². The topological polar surface area (TPSA) is 38.0 Å². The fourth-order valence-electron chi connectivity index (χ4n) is 1.90. The summed E-state index contributed by atoms with van der Waals surface area (Å²) in [5.74, 6) is 6.25. The molecule has 0 aliphatic heterocycles. The minimum absolute atomic E-state index is 0.188. The highest BCUT2D eigenvalue weighted by atomic mass is 32.2. The van der Waals surface area contributed by atoms with Crippen LogP contribution >= 0.6 is 11.8 Å². The number of thioether (sulfide) groups is 1. The summed E-state index contributed by atoms with van der Waals surface area (Å²) in [6.07, 6.45) is 0.880. The van der Waals surface area contributed by atoms with Crippen LogP contribution in [0, 0.1) is 12.7 Å². The fourth-order valence-corrected chi connectivity index (χ4v) is 2.84. The van der Waals surface area contributed by atoms with Crippen molar-refractivity contribution in [1.29, 1.82) is 0 Å². The molecule has 1 atom stereocenters. The smallest absolute Gasteiger partial charge is 0.123 e. The van der Waals surface area contributed by atoms with Gasteiger partial charge in [0.2, 0.25) is 0 Å². The Kier molecular flexibility index (Phi) is 5.59. The van der Waals surface area contributed by atoms with Crippen LogP contribution in [0.4, 0.5) is 4.39 Å². The van der Waals surface area contributed by atoms with E-state index in [1.165, 1.54) is 23.3 Å². The van der Waals surface area contributed by atoms with Gasteiger partial charge in [-0.25, -0.2) is 4.39 Å². The van der Waals surface area contributed by atoms with Gasteiger partial charge in [-0.2, -0.15) is 0 Å². The molecule has 0 aliphatic rings. The lowest BCUT2D eigenvalue weighted by Gasteiger charge is -2.15. The second kappa shape index (κ2) is 7.43. The van der Waals surface area contributed by atoms with E-state index in [9.17, 15) is 4.39 Å². The Morgan fingerprint density at radius 3 is 2.35 bits per heavy atom. The van der Waals surface area contributed by atoms with Gasteiger partial charge in [0.15, 0.2) is 0 Å². The minimum atomic E-state index is -0.206. The van der Waals surface area contributed by atoms with Crippen LogP contribution < -0.4 is 11.3 Å². The SMILES string of the molecule is Cc1ccc(CC(CSc2ccc(F)cc2)NN)cc1. The zero-order valence-corrected chi connectivity index (χ0v) is 12.3. The van der Waals surface area contributed by atoms with E-state index in [-0.39, 0.29) is 11.9 Å². The molecule has 20 heavy (non-hydrogen) atoms. The van der Waals surface area contributed by atoms with Crippen molar-refractivity contribution in [2.45, 2.75) is 24.3 Å². The van der Waals surface area contributed by atoms with E-state index < -0.39 is 0 Å². The van der Waals surface area contributed by atoms with E-state index in [4.69, 9.17) is 5.84 Å². The van der Waals surface area contributed by atoms with Gasteiger partial charge in [-0.15, -0.1) is 11.8 Å². The van der Waals surface area contributed by atoms with Crippen molar-refractivity contribution in [3.63, 3.8) is 0 Å². The quantitative estimate of drug-likeness (QED) is 0.487. The Bertz CT molecular complexity index is 525. The predicted molar refractivity (Wildman–Crippen MR) is 83.1 cm³/mol. The lowest BCUT2D eigenvalue weighted by Crippen LogP contribution is -2.38. The number of rotatable bonds is 6. The van der Waals surface area contributed by atoms with Crippen LogP contribution in [-0.4, -0.2) is 11.8 Å². The molecule has 0 aromatic heterocycles. The van der Waals surface area contributed by atoms with Crippen molar-refractivity contribution in [1.82, 2.24) is 5.43 Å². The Labute approximate surface area is 123 Å². The van der Waals surface area contributed by atoms with E-state index >= 15 is 0 Å². The third-order valence-electron chi connectivity index (χ3n) is 3.10. The van der Waals surface area contributed by atoms with E-state index in [0.29, 0.717) is 0 Å². The molecule has 0 saturated carbocycles. The standard InChI is InChI=1S/C16H19FN2S/c1-12-2-4-13(5-3-12)10-15(19-18)11-20-16-8-6-14(17)7-9-16/h2-9,15,19H,10-11,18H2,1H3. The molecule has 2 nitrogen and oxygen atoms in total. The first-order chi connectivity index (χ1) is 9.67. The highest BCUT2D eigenvalue weighted by Crippen LogP contribution is 2.20. The molecule has 3 N–H and O–H groups in total. The molecule has 0 bridgehead atoms. The van der Waals surface area contributed by atoms with Gasteiger partial charge in [-0.3, -0.25) is 11.3 Å². The molecule has 2 aromatic carbocycles. The van der Waals surface area contributed by atoms with Crippen LogP contribution in [0.25, 0.3) is 0 Å². The Hall–Kier alpha value is -1.36. The number of hydrogen-bond donors (Lipinski definition) is 2. The first-order valence-electron chi connectivity index (χ1n) is 6.57. The van der Waals surface area contributed by atoms with E-state index in [0.717, 1.165) is 17.1 Å². The van der Waals surface area contributed by atoms with Gasteiger partial charge in [0.1, 0.15) is 5.82 Å². The zero-order valence-electron chi connectivity index (χ0n) is 11.5. The van der Waals surface area contributed by atoms with Crippen molar-refractivity contribution in [3.8, 4) is 0 Å². The molecular weight excluding hydrogens is 271 g/mol. The van der Waals surface area contributed by atoms with Crippen LogP contribution in [0.2, 0.25) is 0 Å². The normalized spacial score (nSPS) is 12.3. The molecule has 0 spiro atoms. The summed E-state index contributed by atoms with van der Waals surface area (Å²) in [6, 6.07) is 15.2. The Balaban J connectivity index is 1.88. The maximum Gasteiger partial charge on any atom is 0.123 e. The summed E-state index contributed by atoms with van der Waals surface area (Å²) < 4.78 is 12.8. The highest BCUT2D eigenvalue weighted by Gasteiger charge is 2.08. The number of hydrazine groups is 1. The predicted octanol–water partition coefficient (Wildman–Crippen LogP) is 3.30. The third kappa shape index (κ3) is 4.63. The summed E-state index contributed by atoms with van der Waals surface area (Å²) >= 11 is 1.68. The van der Waals surface area contributed by atoms with Gasteiger partial charge in [0.05, 0.1) is 0 Å². The number of halogens is 1. The van der Waals surface area contributed by atoms with Crippen molar-refractivity contribution < 1.29 is 4.39 Å². The molecule has 0 fully saturated rings. The molecule has 0 saturated heterocycles. The van der Waals surface area contributed by atoms with E-state index in [2.05, 4.69) is 36.6 Å². The summed E-state index contributed by atoms with van der Waals surface area (Å²) in [7, 11) is 0.